The normalized spacial score (nSPS) is 19.3. The number of hydrogen-bond acceptors (Lipinski definition) is 7. The Bertz CT molecular complexity index is 990. The molecule has 0 spiro atoms. The van der Waals surface area contributed by atoms with Crippen LogP contribution in [-0.4, -0.2) is 66.8 Å². The maximum absolute atomic E-state index is 13.5. The summed E-state index contributed by atoms with van der Waals surface area (Å²) in [4.78, 5) is 23.0. The second-order valence-corrected chi connectivity index (χ2v) is 9.78. The lowest BCUT2D eigenvalue weighted by molar-refractivity contribution is -0.148. The van der Waals surface area contributed by atoms with Crippen molar-refractivity contribution in [2.75, 3.05) is 18.4 Å². The van der Waals surface area contributed by atoms with Crippen LogP contribution >= 0.6 is 0 Å². The van der Waals surface area contributed by atoms with E-state index < -0.39 is 11.3 Å². The number of nitrogens with one attached hydrogen (secondary N) is 1. The summed E-state index contributed by atoms with van der Waals surface area (Å²) in [6, 6.07) is 3.16. The van der Waals surface area contributed by atoms with Crippen molar-refractivity contribution in [1.29, 1.82) is 0 Å². The fourth-order valence-electron chi connectivity index (χ4n) is 3.92. The molecule has 9 nitrogen and oxygen atoms in total. The van der Waals surface area contributed by atoms with Crippen molar-refractivity contribution >= 4 is 11.7 Å². The Kier molecular flexibility index (Phi) is 6.26. The molecule has 1 saturated carbocycles. The molecule has 2 aromatic rings. The molecule has 2 N–H and O–H groups in total. The highest BCUT2D eigenvalue weighted by Crippen LogP contribution is 2.34. The van der Waals surface area contributed by atoms with Crippen LogP contribution in [0.4, 0.5) is 14.6 Å². The summed E-state index contributed by atoms with van der Waals surface area (Å²) >= 11 is 0. The van der Waals surface area contributed by atoms with Gasteiger partial charge >= 0.3 is 0 Å². The number of halogens is 2. The first-order chi connectivity index (χ1) is 15.5. The second kappa shape index (κ2) is 8.85. The van der Waals surface area contributed by atoms with Crippen LogP contribution in [0.3, 0.4) is 0 Å². The van der Waals surface area contributed by atoms with Crippen molar-refractivity contribution in [3.63, 3.8) is 0 Å². The first-order valence-corrected chi connectivity index (χ1v) is 11.2. The lowest BCUT2D eigenvalue weighted by Gasteiger charge is -2.41. The van der Waals surface area contributed by atoms with Gasteiger partial charge in [0.25, 0.3) is 5.95 Å². The van der Waals surface area contributed by atoms with Gasteiger partial charge in [0.05, 0.1) is 25.4 Å². The van der Waals surface area contributed by atoms with Gasteiger partial charge in [-0.2, -0.15) is 15.1 Å². The predicted octanol–water partition coefficient (Wildman–Crippen LogP) is 2.78. The highest BCUT2D eigenvalue weighted by Gasteiger charge is 2.38. The Balaban J connectivity index is 1.49. The molecular weight excluding hydrogens is 434 g/mol. The number of hydrogen-bond donors (Lipinski definition) is 2. The van der Waals surface area contributed by atoms with E-state index in [4.69, 9.17) is 4.74 Å². The molecule has 0 radical (unpaired) electrons. The van der Waals surface area contributed by atoms with Gasteiger partial charge in [-0.15, -0.1) is 0 Å². The Hall–Kier alpha value is -2.82. The minimum atomic E-state index is -2.61. The largest absolute Gasteiger partial charge is 0.470 e. The minimum Gasteiger partial charge on any atom is -0.470 e. The SMILES string of the molecule is CC(C)(C)C(=O)N1CC(Oc2cc(NC3CCC(F)(F)CC3)nc(-n3ccc(CO)n3)n2)C1. The number of aliphatic hydroxyl groups is 1. The van der Waals surface area contributed by atoms with Crippen molar-refractivity contribution < 1.29 is 23.4 Å². The van der Waals surface area contributed by atoms with E-state index in [0.29, 0.717) is 43.3 Å². The fourth-order valence-corrected chi connectivity index (χ4v) is 3.92. The van der Waals surface area contributed by atoms with Gasteiger partial charge in [-0.1, -0.05) is 20.8 Å². The molecule has 1 saturated heterocycles. The molecule has 1 aliphatic carbocycles. The quantitative estimate of drug-likeness (QED) is 0.677. The zero-order valence-electron chi connectivity index (χ0n) is 19.1. The number of alkyl halides is 2. The summed E-state index contributed by atoms with van der Waals surface area (Å²) in [5.74, 6) is -1.56. The molecule has 0 bridgehead atoms. The predicted molar refractivity (Wildman–Crippen MR) is 116 cm³/mol. The summed E-state index contributed by atoms with van der Waals surface area (Å²) in [7, 11) is 0. The van der Waals surface area contributed by atoms with Crippen molar-refractivity contribution in [2.45, 2.75) is 71.1 Å². The second-order valence-electron chi connectivity index (χ2n) is 9.78. The Morgan fingerprint density at radius 1 is 1.27 bits per heavy atom. The van der Waals surface area contributed by atoms with Gasteiger partial charge in [0.2, 0.25) is 17.7 Å². The third kappa shape index (κ3) is 5.58. The summed E-state index contributed by atoms with van der Waals surface area (Å²) in [6.07, 6.45) is 1.78. The first kappa shape index (κ1) is 23.3. The van der Waals surface area contributed by atoms with Crippen LogP contribution in [0.2, 0.25) is 0 Å². The molecule has 3 heterocycles. The monoisotopic (exact) mass is 464 g/mol. The average Bonchev–Trinajstić information content (AvgIpc) is 3.20. The molecule has 180 valence electrons. The summed E-state index contributed by atoms with van der Waals surface area (Å²) in [5, 5.41) is 16.8. The summed E-state index contributed by atoms with van der Waals surface area (Å²) in [6.45, 7) is 6.35. The molecule has 2 aromatic heterocycles. The van der Waals surface area contributed by atoms with Crippen LogP contribution in [0.15, 0.2) is 18.3 Å². The van der Waals surface area contributed by atoms with Crippen LogP contribution in [-0.2, 0) is 11.4 Å². The molecule has 11 heteroatoms. The van der Waals surface area contributed by atoms with E-state index >= 15 is 0 Å². The summed E-state index contributed by atoms with van der Waals surface area (Å²) < 4.78 is 34.5. The number of ether oxygens (including phenoxy) is 1. The summed E-state index contributed by atoms with van der Waals surface area (Å²) in [5.41, 5.74) is 0.00936. The van der Waals surface area contributed by atoms with Crippen LogP contribution in [0.1, 0.15) is 52.1 Å². The third-order valence-electron chi connectivity index (χ3n) is 5.84. The first-order valence-electron chi connectivity index (χ1n) is 11.2. The van der Waals surface area contributed by atoms with E-state index in [2.05, 4.69) is 20.4 Å². The maximum Gasteiger partial charge on any atom is 0.255 e. The van der Waals surface area contributed by atoms with E-state index in [1.54, 1.807) is 23.2 Å². The number of rotatable bonds is 6. The Labute approximate surface area is 191 Å². The zero-order valence-corrected chi connectivity index (χ0v) is 19.1. The number of aliphatic hydroxyl groups excluding tert-OH is 1. The highest BCUT2D eigenvalue weighted by atomic mass is 19.3. The van der Waals surface area contributed by atoms with Crippen LogP contribution in [0, 0.1) is 5.41 Å². The van der Waals surface area contributed by atoms with E-state index in [1.165, 1.54) is 4.68 Å². The number of anilines is 1. The van der Waals surface area contributed by atoms with Gasteiger partial charge in [0.1, 0.15) is 11.9 Å². The van der Waals surface area contributed by atoms with Crippen molar-refractivity contribution in [2.24, 2.45) is 5.41 Å². The smallest absolute Gasteiger partial charge is 0.255 e. The molecule has 1 amide bonds. The number of amides is 1. The number of carbonyl (C=O) groups excluding carboxylic acids is 1. The molecule has 1 aliphatic heterocycles. The third-order valence-corrected chi connectivity index (χ3v) is 5.84. The molecule has 2 aliphatic rings. The zero-order chi connectivity index (χ0) is 23.8. The molecule has 0 aromatic carbocycles. The van der Waals surface area contributed by atoms with Crippen LogP contribution in [0.5, 0.6) is 5.88 Å². The Morgan fingerprint density at radius 2 is 1.97 bits per heavy atom. The molecule has 2 fully saturated rings. The number of likely N-dealkylation sites (tertiary alicyclic amines) is 1. The van der Waals surface area contributed by atoms with Gasteiger partial charge < -0.3 is 20.1 Å². The number of aromatic nitrogens is 4. The lowest BCUT2D eigenvalue weighted by Crippen LogP contribution is -2.58. The minimum absolute atomic E-state index is 0.0651. The molecule has 33 heavy (non-hydrogen) atoms. The van der Waals surface area contributed by atoms with Gasteiger partial charge in [-0.3, -0.25) is 4.79 Å². The molecule has 4 rings (SSSR count). The van der Waals surface area contributed by atoms with Crippen LogP contribution < -0.4 is 10.1 Å². The van der Waals surface area contributed by atoms with E-state index in [1.807, 2.05) is 20.8 Å². The molecular formula is C22H30F2N6O3. The van der Waals surface area contributed by atoms with Gasteiger partial charge in [-0.25, -0.2) is 13.5 Å². The van der Waals surface area contributed by atoms with Gasteiger partial charge in [0, 0.05) is 36.6 Å². The van der Waals surface area contributed by atoms with Crippen molar-refractivity contribution in [3.05, 3.63) is 24.0 Å². The number of carbonyl (C=O) groups is 1. The van der Waals surface area contributed by atoms with E-state index in [9.17, 15) is 18.7 Å². The standard InChI is InChI=1S/C22H30F2N6O3/c1-21(2,3)19(32)29-11-16(12-29)33-18-10-17(25-14-4-7-22(23,24)8-5-14)26-20(27-18)30-9-6-15(13-31)28-30/h6,9-10,14,16,31H,4-5,7-8,11-13H2,1-3H3,(H,25,26,27). The topological polar surface area (TPSA) is 105 Å². The van der Waals surface area contributed by atoms with Gasteiger partial charge in [-0.05, 0) is 18.9 Å². The van der Waals surface area contributed by atoms with E-state index in [-0.39, 0.29) is 43.4 Å². The Morgan fingerprint density at radius 3 is 2.58 bits per heavy atom. The lowest BCUT2D eigenvalue weighted by atomic mass is 9.92. The van der Waals surface area contributed by atoms with Gasteiger partial charge in [0.15, 0.2) is 0 Å². The number of nitrogens with zero attached hydrogens (tertiary/aromatic N) is 5. The highest BCUT2D eigenvalue weighted by molar-refractivity contribution is 5.82. The van der Waals surface area contributed by atoms with Crippen molar-refractivity contribution in [3.8, 4) is 11.8 Å². The van der Waals surface area contributed by atoms with Crippen LogP contribution in [0.25, 0.3) is 5.95 Å². The fraction of sp³-hybridized carbons (Fsp3) is 0.636. The van der Waals surface area contributed by atoms with E-state index in [0.717, 1.165) is 0 Å². The van der Waals surface area contributed by atoms with Crippen molar-refractivity contribution in [1.82, 2.24) is 24.6 Å². The molecule has 0 unspecified atom stereocenters. The molecule has 0 atom stereocenters. The maximum atomic E-state index is 13.5. The average molecular weight is 465 g/mol.